The summed E-state index contributed by atoms with van der Waals surface area (Å²) < 4.78 is 1.80. The number of hydrogen-bond acceptors (Lipinski definition) is 4. The monoisotopic (exact) mass is 398 g/mol. The zero-order valence-corrected chi connectivity index (χ0v) is 17.2. The topological polar surface area (TPSA) is 59.8 Å². The second-order valence-corrected chi connectivity index (χ2v) is 7.37. The summed E-state index contributed by atoms with van der Waals surface area (Å²) in [5.41, 5.74) is 3.81. The van der Waals surface area contributed by atoms with Gasteiger partial charge in [-0.25, -0.2) is 9.67 Å². The molecule has 4 rings (SSSR count). The Morgan fingerprint density at radius 1 is 0.900 bits per heavy atom. The highest BCUT2D eigenvalue weighted by atomic mass is 16.1. The molecule has 5 nitrogen and oxygen atoms in total. The second-order valence-electron chi connectivity index (χ2n) is 7.37. The van der Waals surface area contributed by atoms with Gasteiger partial charge in [0.2, 0.25) is 5.43 Å². The molecule has 0 radical (unpaired) electrons. The second kappa shape index (κ2) is 9.35. The normalized spacial score (nSPS) is 11.0. The van der Waals surface area contributed by atoms with Crippen LogP contribution in [0.1, 0.15) is 32.6 Å². The third kappa shape index (κ3) is 4.40. The zero-order valence-electron chi connectivity index (χ0n) is 17.2. The summed E-state index contributed by atoms with van der Waals surface area (Å²) in [6, 6.07) is 23.2. The molecule has 0 atom stereocenters. The number of rotatable bonds is 8. The molecule has 1 heterocycles. The van der Waals surface area contributed by atoms with Crippen LogP contribution in [0, 0.1) is 0 Å². The molecular formula is C25H26N4O. The van der Waals surface area contributed by atoms with Crippen molar-refractivity contribution in [2.45, 2.75) is 32.6 Å². The lowest BCUT2D eigenvalue weighted by molar-refractivity contribution is 0.685. The minimum atomic E-state index is -0.0428. The minimum Gasteiger partial charge on any atom is -0.382 e. The lowest BCUT2D eigenvalue weighted by Gasteiger charge is -2.17. The van der Waals surface area contributed by atoms with Crippen LogP contribution in [0.15, 0.2) is 77.6 Å². The summed E-state index contributed by atoms with van der Waals surface area (Å²) in [5.74, 6) is 0.625. The summed E-state index contributed by atoms with van der Waals surface area (Å²) in [6.07, 6.45) is 4.63. The summed E-state index contributed by atoms with van der Waals surface area (Å²) in [5, 5.41) is 8.05. The molecule has 1 aliphatic heterocycles. The summed E-state index contributed by atoms with van der Waals surface area (Å²) >= 11 is 0. The molecule has 1 N–H and O–H groups in total. The molecular weight excluding hydrogens is 372 g/mol. The van der Waals surface area contributed by atoms with Crippen LogP contribution in [0.3, 0.4) is 0 Å². The van der Waals surface area contributed by atoms with Crippen LogP contribution in [0.5, 0.6) is 0 Å². The van der Waals surface area contributed by atoms with Gasteiger partial charge in [0.1, 0.15) is 0 Å². The van der Waals surface area contributed by atoms with Crippen LogP contribution < -0.4 is 10.7 Å². The number of unbranched alkanes of at least 4 members (excludes halogenated alkanes) is 3. The maximum atomic E-state index is 12.8. The van der Waals surface area contributed by atoms with Gasteiger partial charge in [0.25, 0.3) is 0 Å². The first-order valence-electron chi connectivity index (χ1n) is 10.6. The molecule has 2 aliphatic rings. The molecule has 0 bridgehead atoms. The Balaban J connectivity index is 1.78. The van der Waals surface area contributed by atoms with Crippen LogP contribution in [0.2, 0.25) is 0 Å². The van der Waals surface area contributed by atoms with Crippen molar-refractivity contribution in [3.05, 3.63) is 83.0 Å². The maximum Gasteiger partial charge on any atom is 0.203 e. The smallest absolute Gasteiger partial charge is 0.203 e. The Morgan fingerprint density at radius 2 is 1.63 bits per heavy atom. The number of hydrogen-bond donors (Lipinski definition) is 1. The molecule has 0 saturated heterocycles. The first kappa shape index (κ1) is 19.8. The fourth-order valence-corrected chi connectivity index (χ4v) is 3.49. The first-order valence-corrected chi connectivity index (χ1v) is 10.6. The molecule has 0 amide bonds. The lowest BCUT2D eigenvalue weighted by Crippen LogP contribution is -2.17. The van der Waals surface area contributed by atoms with Gasteiger partial charge in [-0.2, -0.15) is 0 Å². The molecule has 0 aromatic heterocycles. The third-order valence-electron chi connectivity index (χ3n) is 5.10. The van der Waals surface area contributed by atoms with Crippen molar-refractivity contribution in [3.8, 4) is 28.5 Å². The van der Waals surface area contributed by atoms with Crippen LogP contribution >= 0.6 is 0 Å². The predicted octanol–water partition coefficient (Wildman–Crippen LogP) is 5.39. The van der Waals surface area contributed by atoms with E-state index in [0.29, 0.717) is 17.2 Å². The van der Waals surface area contributed by atoms with Gasteiger partial charge < -0.3 is 5.32 Å². The van der Waals surface area contributed by atoms with E-state index in [9.17, 15) is 4.79 Å². The summed E-state index contributed by atoms with van der Waals surface area (Å²) in [6.45, 7) is 2.98. The van der Waals surface area contributed by atoms with Crippen molar-refractivity contribution in [2.75, 3.05) is 11.9 Å². The van der Waals surface area contributed by atoms with Gasteiger partial charge in [0, 0.05) is 18.2 Å². The van der Waals surface area contributed by atoms with Gasteiger partial charge in [0.15, 0.2) is 5.82 Å². The molecule has 30 heavy (non-hydrogen) atoms. The number of benzene rings is 3. The Labute approximate surface area is 176 Å². The van der Waals surface area contributed by atoms with Crippen LogP contribution in [-0.4, -0.2) is 21.3 Å². The highest BCUT2D eigenvalue weighted by molar-refractivity contribution is 5.68. The molecule has 0 fully saturated rings. The van der Waals surface area contributed by atoms with Crippen molar-refractivity contribution in [1.82, 2.24) is 14.8 Å². The van der Waals surface area contributed by atoms with Crippen LogP contribution in [0.4, 0.5) is 5.69 Å². The van der Waals surface area contributed by atoms with E-state index >= 15 is 0 Å². The maximum absolute atomic E-state index is 12.8. The van der Waals surface area contributed by atoms with Gasteiger partial charge in [-0.1, -0.05) is 74.7 Å². The van der Waals surface area contributed by atoms with E-state index in [1.165, 1.54) is 19.3 Å². The molecule has 2 aromatic carbocycles. The number of nitrogens with zero attached hydrogens (tertiary/aromatic N) is 3. The van der Waals surface area contributed by atoms with Crippen LogP contribution in [0.25, 0.3) is 28.5 Å². The average molecular weight is 399 g/mol. The number of para-hydroxylation sites is 1. The fraction of sp³-hybridized carbons (Fsp3) is 0.240. The van der Waals surface area contributed by atoms with Gasteiger partial charge >= 0.3 is 0 Å². The largest absolute Gasteiger partial charge is 0.382 e. The predicted molar refractivity (Wildman–Crippen MR) is 122 cm³/mol. The number of nitrogens with one attached hydrogen (secondary N) is 1. The molecule has 1 aliphatic carbocycles. The van der Waals surface area contributed by atoms with E-state index in [0.717, 1.165) is 29.9 Å². The van der Waals surface area contributed by atoms with Crippen molar-refractivity contribution in [3.63, 3.8) is 0 Å². The standard InChI is InChI=1S/C25H26N4O/c1-2-3-4-11-16-26-22-17-21-23(18-24(22)30)29(20-14-9-6-10-15-20)28-25(27-21)19-12-7-5-8-13-19/h5-10,12-15,17-18,26H,2-4,11,16H2,1H3. The van der Waals surface area contributed by atoms with E-state index < -0.39 is 0 Å². The van der Waals surface area contributed by atoms with Gasteiger partial charge in [0.05, 0.1) is 22.8 Å². The molecule has 0 spiro atoms. The SMILES string of the molecule is CCCCCCNc1cc2nc(-c3ccccc3)nn(-c3ccccc3)c-2cc1=O. The average Bonchev–Trinajstić information content (AvgIpc) is 2.80. The van der Waals surface area contributed by atoms with Crippen molar-refractivity contribution < 1.29 is 0 Å². The number of anilines is 1. The summed E-state index contributed by atoms with van der Waals surface area (Å²) in [7, 11) is 0. The number of fused-ring (bicyclic) bond motifs is 1. The highest BCUT2D eigenvalue weighted by Gasteiger charge is 2.17. The molecule has 0 unspecified atom stereocenters. The quantitative estimate of drug-likeness (QED) is 0.404. The van der Waals surface area contributed by atoms with E-state index in [1.807, 2.05) is 66.7 Å². The van der Waals surface area contributed by atoms with Gasteiger partial charge in [-0.3, -0.25) is 4.79 Å². The van der Waals surface area contributed by atoms with Crippen molar-refractivity contribution >= 4 is 5.69 Å². The Kier molecular flexibility index (Phi) is 6.18. The highest BCUT2D eigenvalue weighted by Crippen LogP contribution is 2.26. The Hall–Kier alpha value is -3.47. The van der Waals surface area contributed by atoms with E-state index in [4.69, 9.17) is 10.1 Å². The van der Waals surface area contributed by atoms with E-state index in [1.54, 1.807) is 10.7 Å². The van der Waals surface area contributed by atoms with Gasteiger partial charge in [-0.15, -0.1) is 5.10 Å². The molecule has 0 saturated carbocycles. The lowest BCUT2D eigenvalue weighted by atomic mass is 10.1. The van der Waals surface area contributed by atoms with E-state index in [-0.39, 0.29) is 5.43 Å². The minimum absolute atomic E-state index is 0.0428. The summed E-state index contributed by atoms with van der Waals surface area (Å²) in [4.78, 5) is 17.5. The van der Waals surface area contributed by atoms with E-state index in [2.05, 4.69) is 12.2 Å². The number of aromatic nitrogens is 3. The molecule has 2 aromatic rings. The first-order chi connectivity index (χ1) is 14.8. The Morgan fingerprint density at radius 3 is 2.37 bits per heavy atom. The fourth-order valence-electron chi connectivity index (χ4n) is 3.49. The van der Waals surface area contributed by atoms with Gasteiger partial charge in [-0.05, 0) is 24.6 Å². The van der Waals surface area contributed by atoms with Crippen molar-refractivity contribution in [2.24, 2.45) is 0 Å². The zero-order chi connectivity index (χ0) is 20.8. The van der Waals surface area contributed by atoms with Crippen LogP contribution in [-0.2, 0) is 0 Å². The third-order valence-corrected chi connectivity index (χ3v) is 5.10. The molecule has 5 heteroatoms. The molecule has 152 valence electrons. The Bertz CT molecular complexity index is 1120. The van der Waals surface area contributed by atoms with Crippen molar-refractivity contribution in [1.29, 1.82) is 0 Å².